The molecule has 1 aliphatic rings. The molecule has 1 atom stereocenters. The van der Waals surface area contributed by atoms with E-state index in [9.17, 15) is 14.9 Å². The molecule has 0 aromatic heterocycles. The highest BCUT2D eigenvalue weighted by molar-refractivity contribution is 9.10. The Labute approximate surface area is 143 Å². The van der Waals surface area contributed by atoms with Crippen molar-refractivity contribution in [1.82, 2.24) is 4.90 Å². The van der Waals surface area contributed by atoms with Gasteiger partial charge in [0.25, 0.3) is 11.6 Å². The van der Waals surface area contributed by atoms with Crippen molar-refractivity contribution in [2.75, 3.05) is 13.1 Å². The van der Waals surface area contributed by atoms with Crippen LogP contribution in [-0.4, -0.2) is 34.9 Å². The third kappa shape index (κ3) is 3.97. The Kier molecular flexibility index (Phi) is 5.95. The van der Waals surface area contributed by atoms with Gasteiger partial charge in [-0.25, -0.2) is 0 Å². The first-order valence-corrected chi connectivity index (χ1v) is 7.50. The lowest BCUT2D eigenvalue weighted by molar-refractivity contribution is -0.385. The van der Waals surface area contributed by atoms with E-state index in [4.69, 9.17) is 5.73 Å². The van der Waals surface area contributed by atoms with Gasteiger partial charge in [-0.1, -0.05) is 29.8 Å². The molecule has 0 bridgehead atoms. The molecule has 2 N–H and O–H groups in total. The van der Waals surface area contributed by atoms with Crippen molar-refractivity contribution in [3.63, 3.8) is 0 Å². The van der Waals surface area contributed by atoms with Crippen molar-refractivity contribution in [3.8, 4) is 0 Å². The average Bonchev–Trinajstić information content (AvgIpc) is 2.40. The van der Waals surface area contributed by atoms with Gasteiger partial charge >= 0.3 is 0 Å². The van der Waals surface area contributed by atoms with E-state index >= 15 is 0 Å². The Hall–Kier alpha value is -1.18. The number of piperidine rings is 1. The second kappa shape index (κ2) is 6.93. The van der Waals surface area contributed by atoms with Crippen molar-refractivity contribution in [2.45, 2.75) is 26.3 Å². The van der Waals surface area contributed by atoms with Crippen LogP contribution in [0.4, 0.5) is 5.69 Å². The Balaban J connectivity index is 0.00000242. The van der Waals surface area contributed by atoms with Gasteiger partial charge in [-0.05, 0) is 17.9 Å². The molecule has 1 aromatic carbocycles. The first-order valence-electron chi connectivity index (χ1n) is 6.70. The molecule has 8 heteroatoms. The molecule has 2 rings (SSSR count). The molecule has 1 heterocycles. The van der Waals surface area contributed by atoms with Crippen molar-refractivity contribution in [1.29, 1.82) is 0 Å². The number of hydrogen-bond acceptors (Lipinski definition) is 4. The number of likely N-dealkylation sites (tertiary alicyclic amines) is 1. The second-order valence-electron chi connectivity index (χ2n) is 6.07. The predicted molar refractivity (Wildman–Crippen MR) is 90.3 cm³/mol. The number of halogens is 2. The van der Waals surface area contributed by atoms with Crippen molar-refractivity contribution in [2.24, 2.45) is 11.1 Å². The van der Waals surface area contributed by atoms with Crippen LogP contribution in [0.3, 0.4) is 0 Å². The number of nitro groups is 1. The number of nitro benzene ring substituents is 1. The number of nitrogens with two attached hydrogens (primary N) is 1. The Morgan fingerprint density at radius 3 is 2.64 bits per heavy atom. The lowest BCUT2D eigenvalue weighted by Gasteiger charge is -2.42. The summed E-state index contributed by atoms with van der Waals surface area (Å²) in [5.41, 5.74) is 6.13. The maximum atomic E-state index is 12.6. The highest BCUT2D eigenvalue weighted by atomic mass is 79.9. The molecule has 1 amide bonds. The van der Waals surface area contributed by atoms with E-state index < -0.39 is 4.92 Å². The van der Waals surface area contributed by atoms with Gasteiger partial charge in [0.15, 0.2) is 0 Å². The van der Waals surface area contributed by atoms with E-state index in [0.717, 1.165) is 6.42 Å². The molecule has 1 aliphatic heterocycles. The highest BCUT2D eigenvalue weighted by Gasteiger charge is 2.35. The van der Waals surface area contributed by atoms with Crippen molar-refractivity contribution in [3.05, 3.63) is 38.3 Å². The number of carbonyl (C=O) groups excluding carboxylic acids is 1. The Morgan fingerprint density at radius 1 is 1.45 bits per heavy atom. The number of benzene rings is 1. The number of carbonyl (C=O) groups is 1. The fraction of sp³-hybridized carbons (Fsp3) is 0.500. The van der Waals surface area contributed by atoms with Crippen LogP contribution in [0.25, 0.3) is 0 Å². The highest BCUT2D eigenvalue weighted by Crippen LogP contribution is 2.29. The lowest BCUT2D eigenvalue weighted by Crippen LogP contribution is -2.54. The van der Waals surface area contributed by atoms with Gasteiger partial charge in [0.2, 0.25) is 0 Å². The molecule has 0 saturated carbocycles. The van der Waals surface area contributed by atoms with Crippen molar-refractivity contribution >= 4 is 39.9 Å². The maximum absolute atomic E-state index is 12.6. The molecule has 1 unspecified atom stereocenters. The van der Waals surface area contributed by atoms with Gasteiger partial charge in [0.05, 0.1) is 4.92 Å². The van der Waals surface area contributed by atoms with Crippen LogP contribution < -0.4 is 5.73 Å². The number of non-ortho nitro benzene ring substituents is 1. The normalized spacial score (nSPS) is 20.2. The predicted octanol–water partition coefficient (Wildman–Crippen LogP) is 2.98. The van der Waals surface area contributed by atoms with Crippen LogP contribution in [-0.2, 0) is 0 Å². The zero-order valence-corrected chi connectivity index (χ0v) is 14.8. The smallest absolute Gasteiger partial charge is 0.271 e. The van der Waals surface area contributed by atoms with Crippen LogP contribution >= 0.6 is 28.3 Å². The fourth-order valence-electron chi connectivity index (χ4n) is 2.53. The zero-order chi connectivity index (χ0) is 15.8. The van der Waals surface area contributed by atoms with Gasteiger partial charge in [-0.15, -0.1) is 12.4 Å². The third-order valence-electron chi connectivity index (χ3n) is 3.94. The summed E-state index contributed by atoms with van der Waals surface area (Å²) in [6, 6.07) is 4.36. The number of hydrogen-bond donors (Lipinski definition) is 1. The summed E-state index contributed by atoms with van der Waals surface area (Å²) < 4.78 is 0.521. The summed E-state index contributed by atoms with van der Waals surface area (Å²) in [4.78, 5) is 24.7. The van der Waals surface area contributed by atoms with E-state index in [1.807, 2.05) is 13.8 Å². The van der Waals surface area contributed by atoms with Crippen LogP contribution in [0.15, 0.2) is 22.7 Å². The first kappa shape index (κ1) is 18.9. The van der Waals surface area contributed by atoms with Gasteiger partial charge in [0, 0.05) is 41.3 Å². The molecular formula is C14H19BrClN3O3. The molecule has 0 aliphatic carbocycles. The molecule has 6 nitrogen and oxygen atoms in total. The minimum atomic E-state index is -0.502. The van der Waals surface area contributed by atoms with Gasteiger partial charge in [-0.2, -0.15) is 0 Å². The topological polar surface area (TPSA) is 89.5 Å². The third-order valence-corrected chi connectivity index (χ3v) is 4.40. The van der Waals surface area contributed by atoms with E-state index in [0.29, 0.717) is 23.1 Å². The fourth-order valence-corrected chi connectivity index (χ4v) is 3.01. The van der Waals surface area contributed by atoms with Crippen LogP contribution in [0.2, 0.25) is 0 Å². The van der Waals surface area contributed by atoms with E-state index in [1.54, 1.807) is 11.0 Å². The average molecular weight is 393 g/mol. The molecule has 1 saturated heterocycles. The largest absolute Gasteiger partial charge is 0.338 e. The quantitative estimate of drug-likeness (QED) is 0.619. The van der Waals surface area contributed by atoms with Crippen LogP contribution in [0, 0.1) is 15.5 Å². The maximum Gasteiger partial charge on any atom is 0.271 e. The van der Waals surface area contributed by atoms with Gasteiger partial charge in [-0.3, -0.25) is 14.9 Å². The molecule has 22 heavy (non-hydrogen) atoms. The first-order chi connectivity index (χ1) is 9.70. The summed E-state index contributed by atoms with van der Waals surface area (Å²) in [5.74, 6) is -0.195. The summed E-state index contributed by atoms with van der Waals surface area (Å²) in [7, 11) is 0. The standard InChI is InChI=1S/C14H18BrN3O3.ClH/c1-14(2)8-17(4-3-12(14)16)13(19)9-5-10(15)7-11(6-9)18(20)21;/h5-7,12H,3-4,8,16H2,1-2H3;1H. The van der Waals surface area contributed by atoms with E-state index in [1.165, 1.54) is 12.1 Å². The van der Waals surface area contributed by atoms with E-state index in [2.05, 4.69) is 15.9 Å². The molecule has 0 spiro atoms. The summed E-state index contributed by atoms with van der Waals surface area (Å²) >= 11 is 3.21. The monoisotopic (exact) mass is 391 g/mol. The minimum absolute atomic E-state index is 0. The molecule has 122 valence electrons. The Morgan fingerprint density at radius 2 is 2.09 bits per heavy atom. The number of nitrogens with zero attached hydrogens (tertiary/aromatic N) is 2. The zero-order valence-electron chi connectivity index (χ0n) is 12.4. The second-order valence-corrected chi connectivity index (χ2v) is 6.98. The molecular weight excluding hydrogens is 374 g/mol. The summed E-state index contributed by atoms with van der Waals surface area (Å²) in [6.07, 6.45) is 0.731. The van der Waals surface area contributed by atoms with E-state index in [-0.39, 0.29) is 35.5 Å². The minimum Gasteiger partial charge on any atom is -0.338 e. The molecule has 1 aromatic rings. The Bertz CT molecular complexity index is 595. The van der Waals surface area contributed by atoms with Gasteiger partial charge < -0.3 is 10.6 Å². The van der Waals surface area contributed by atoms with Crippen molar-refractivity contribution < 1.29 is 9.72 Å². The molecule has 1 fully saturated rings. The van der Waals surface area contributed by atoms with Gasteiger partial charge in [0.1, 0.15) is 0 Å². The number of amides is 1. The molecule has 0 radical (unpaired) electrons. The van der Waals surface area contributed by atoms with Crippen LogP contribution in [0.5, 0.6) is 0 Å². The van der Waals surface area contributed by atoms with Crippen LogP contribution in [0.1, 0.15) is 30.6 Å². The summed E-state index contributed by atoms with van der Waals surface area (Å²) in [6.45, 7) is 5.18. The SMILES string of the molecule is CC1(C)CN(C(=O)c2cc(Br)cc([N+](=O)[O-])c2)CCC1N.Cl. The summed E-state index contributed by atoms with van der Waals surface area (Å²) in [5, 5.41) is 10.9. The number of rotatable bonds is 2. The lowest BCUT2D eigenvalue weighted by atomic mass is 9.79.